The molecule has 1 saturated heterocycles. The minimum absolute atomic E-state index is 0.0751. The lowest BCUT2D eigenvalue weighted by Gasteiger charge is -2.24. The maximum absolute atomic E-state index is 13.0. The molecule has 7 nitrogen and oxygen atoms in total. The second-order valence-corrected chi connectivity index (χ2v) is 7.38. The van der Waals surface area contributed by atoms with E-state index in [4.69, 9.17) is 9.47 Å². The fourth-order valence-electron chi connectivity index (χ4n) is 3.72. The van der Waals surface area contributed by atoms with Crippen LogP contribution in [0.5, 0.6) is 11.5 Å². The lowest BCUT2D eigenvalue weighted by Crippen LogP contribution is -2.31. The second kappa shape index (κ2) is 8.94. The first-order valence-corrected chi connectivity index (χ1v) is 10.0. The van der Waals surface area contributed by atoms with Crippen molar-refractivity contribution < 1.29 is 19.1 Å². The first kappa shape index (κ1) is 19.2. The van der Waals surface area contributed by atoms with Gasteiger partial charge in [0.15, 0.2) is 11.5 Å². The number of carbonyl (C=O) groups excluding carboxylic acids is 2. The normalized spacial score (nSPS) is 15.0. The van der Waals surface area contributed by atoms with Crippen molar-refractivity contribution in [3.05, 3.63) is 53.9 Å². The van der Waals surface area contributed by atoms with Gasteiger partial charge in [-0.05, 0) is 48.2 Å². The molecule has 1 aromatic carbocycles. The Balaban J connectivity index is 1.41. The lowest BCUT2D eigenvalue weighted by atomic mass is 10.1. The topological polar surface area (TPSA) is 72.0 Å². The number of likely N-dealkylation sites (tertiary alicyclic amines) is 1. The summed E-state index contributed by atoms with van der Waals surface area (Å²) >= 11 is 0. The fraction of sp³-hybridized carbons (Fsp3) is 0.409. The Bertz CT molecular complexity index is 872. The summed E-state index contributed by atoms with van der Waals surface area (Å²) in [6.07, 6.45) is 6.12. The van der Waals surface area contributed by atoms with Crippen molar-refractivity contribution in [2.45, 2.75) is 38.8 Å². The van der Waals surface area contributed by atoms with Crippen molar-refractivity contribution in [3.8, 4) is 11.5 Å². The van der Waals surface area contributed by atoms with E-state index in [0.717, 1.165) is 29.8 Å². The van der Waals surface area contributed by atoms with Crippen LogP contribution in [0, 0.1) is 0 Å². The molecule has 2 aromatic rings. The van der Waals surface area contributed by atoms with Crippen LogP contribution in [-0.2, 0) is 22.7 Å². The van der Waals surface area contributed by atoms with Crippen LogP contribution >= 0.6 is 0 Å². The van der Waals surface area contributed by atoms with Gasteiger partial charge in [-0.15, -0.1) is 0 Å². The van der Waals surface area contributed by atoms with Gasteiger partial charge in [0.25, 0.3) is 0 Å². The van der Waals surface area contributed by atoms with Crippen LogP contribution in [0.1, 0.15) is 36.8 Å². The van der Waals surface area contributed by atoms with Crippen molar-refractivity contribution in [2.75, 3.05) is 19.9 Å². The zero-order valence-electron chi connectivity index (χ0n) is 16.4. The summed E-state index contributed by atoms with van der Waals surface area (Å²) in [6.45, 7) is 2.69. The van der Waals surface area contributed by atoms with Gasteiger partial charge in [-0.25, -0.2) is 0 Å². The summed E-state index contributed by atoms with van der Waals surface area (Å²) in [5, 5.41) is 0. The molecule has 0 atom stereocenters. The number of benzene rings is 1. The number of rotatable bonds is 8. The van der Waals surface area contributed by atoms with E-state index in [1.54, 1.807) is 12.4 Å². The molecule has 152 valence electrons. The predicted octanol–water partition coefficient (Wildman–Crippen LogP) is 2.74. The molecule has 2 aliphatic rings. The first-order valence-electron chi connectivity index (χ1n) is 10.0. The number of aromatic nitrogens is 1. The molecule has 7 heteroatoms. The Morgan fingerprint density at radius 3 is 2.66 bits per heavy atom. The average molecular weight is 395 g/mol. The Hall–Kier alpha value is -3.09. The van der Waals surface area contributed by atoms with Crippen LogP contribution in [0.15, 0.2) is 42.7 Å². The smallest absolute Gasteiger partial charge is 0.231 e. The molecule has 0 aliphatic carbocycles. The van der Waals surface area contributed by atoms with Gasteiger partial charge in [-0.3, -0.25) is 14.6 Å². The molecule has 2 amide bonds. The Morgan fingerprint density at radius 1 is 1.07 bits per heavy atom. The minimum Gasteiger partial charge on any atom is -0.454 e. The average Bonchev–Trinajstić information content (AvgIpc) is 3.36. The van der Waals surface area contributed by atoms with Crippen molar-refractivity contribution in [3.63, 3.8) is 0 Å². The fourth-order valence-corrected chi connectivity index (χ4v) is 3.72. The number of amides is 2. The molecule has 29 heavy (non-hydrogen) atoms. The summed E-state index contributed by atoms with van der Waals surface area (Å²) in [4.78, 5) is 32.5. The maximum Gasteiger partial charge on any atom is 0.231 e. The molecule has 1 aromatic heterocycles. The summed E-state index contributed by atoms with van der Waals surface area (Å²) in [5.74, 6) is 1.72. The monoisotopic (exact) mass is 395 g/mol. The zero-order chi connectivity index (χ0) is 20.1. The van der Waals surface area contributed by atoms with Crippen molar-refractivity contribution in [1.29, 1.82) is 0 Å². The summed E-state index contributed by atoms with van der Waals surface area (Å²) in [7, 11) is 0. The highest BCUT2D eigenvalue weighted by Crippen LogP contribution is 2.33. The van der Waals surface area contributed by atoms with Gasteiger partial charge in [0, 0.05) is 51.4 Å². The van der Waals surface area contributed by atoms with Crippen molar-refractivity contribution in [2.24, 2.45) is 0 Å². The minimum atomic E-state index is 0.0751. The van der Waals surface area contributed by atoms with Crippen molar-refractivity contribution in [1.82, 2.24) is 14.8 Å². The molecule has 1 fully saturated rings. The molecule has 3 heterocycles. The highest BCUT2D eigenvalue weighted by atomic mass is 16.7. The van der Waals surface area contributed by atoms with Crippen LogP contribution in [0.4, 0.5) is 0 Å². The van der Waals surface area contributed by atoms with Crippen LogP contribution in [0.2, 0.25) is 0 Å². The van der Waals surface area contributed by atoms with E-state index in [1.165, 1.54) is 0 Å². The third-order valence-electron chi connectivity index (χ3n) is 5.28. The maximum atomic E-state index is 13.0. The molecule has 0 saturated carbocycles. The molecule has 0 radical (unpaired) electrons. The molecular weight excluding hydrogens is 370 g/mol. The van der Waals surface area contributed by atoms with E-state index in [2.05, 4.69) is 4.98 Å². The van der Waals surface area contributed by atoms with E-state index in [1.807, 2.05) is 40.1 Å². The number of hydrogen-bond donors (Lipinski definition) is 0. The number of pyridine rings is 1. The van der Waals surface area contributed by atoms with E-state index in [-0.39, 0.29) is 18.6 Å². The van der Waals surface area contributed by atoms with E-state index in [9.17, 15) is 9.59 Å². The van der Waals surface area contributed by atoms with E-state index in [0.29, 0.717) is 44.6 Å². The van der Waals surface area contributed by atoms with Gasteiger partial charge in [0.2, 0.25) is 18.6 Å². The number of carbonyl (C=O) groups is 2. The zero-order valence-corrected chi connectivity index (χ0v) is 16.4. The third-order valence-corrected chi connectivity index (χ3v) is 5.28. The molecule has 4 rings (SSSR count). The predicted molar refractivity (Wildman–Crippen MR) is 106 cm³/mol. The Labute approximate surface area is 170 Å². The quantitative estimate of drug-likeness (QED) is 0.687. The van der Waals surface area contributed by atoms with Crippen LogP contribution < -0.4 is 9.47 Å². The second-order valence-electron chi connectivity index (χ2n) is 7.38. The van der Waals surface area contributed by atoms with Gasteiger partial charge < -0.3 is 19.3 Å². The largest absolute Gasteiger partial charge is 0.454 e. The highest BCUT2D eigenvalue weighted by molar-refractivity contribution is 5.78. The first-order chi connectivity index (χ1) is 14.2. The van der Waals surface area contributed by atoms with Gasteiger partial charge in [0.1, 0.15) is 0 Å². The van der Waals surface area contributed by atoms with Gasteiger partial charge in [-0.1, -0.05) is 6.07 Å². The molecule has 0 bridgehead atoms. The van der Waals surface area contributed by atoms with Gasteiger partial charge in [0.05, 0.1) is 0 Å². The number of nitrogens with zero attached hydrogens (tertiary/aromatic N) is 3. The number of hydrogen-bond acceptors (Lipinski definition) is 5. The standard InChI is InChI=1S/C22H25N3O4/c26-21-3-1-11-24(21)12-2-4-22(27)25(14-17-7-9-23-10-8-17)15-18-5-6-19-20(13-18)29-16-28-19/h5-10,13H,1-4,11-12,14-16H2. The molecule has 0 N–H and O–H groups in total. The Kier molecular flexibility index (Phi) is 5.93. The number of ether oxygens (including phenoxy) is 2. The van der Waals surface area contributed by atoms with Gasteiger partial charge >= 0.3 is 0 Å². The van der Waals surface area contributed by atoms with Crippen LogP contribution in [-0.4, -0.2) is 46.5 Å². The van der Waals surface area contributed by atoms with Crippen molar-refractivity contribution >= 4 is 11.8 Å². The number of fused-ring (bicyclic) bond motifs is 1. The molecule has 2 aliphatic heterocycles. The molecular formula is C22H25N3O4. The van der Waals surface area contributed by atoms with E-state index < -0.39 is 0 Å². The third kappa shape index (κ3) is 4.85. The SMILES string of the molecule is O=C1CCCN1CCCC(=O)N(Cc1ccncc1)Cc1ccc2c(c1)OCO2. The highest BCUT2D eigenvalue weighted by Gasteiger charge is 2.21. The summed E-state index contributed by atoms with van der Waals surface area (Å²) in [5.41, 5.74) is 2.02. The molecule has 0 spiro atoms. The van der Waals surface area contributed by atoms with Gasteiger partial charge in [-0.2, -0.15) is 0 Å². The van der Waals surface area contributed by atoms with Crippen LogP contribution in [0.3, 0.4) is 0 Å². The summed E-state index contributed by atoms with van der Waals surface area (Å²) < 4.78 is 10.8. The van der Waals surface area contributed by atoms with Crippen LogP contribution in [0.25, 0.3) is 0 Å². The molecule has 0 unspecified atom stereocenters. The summed E-state index contributed by atoms with van der Waals surface area (Å²) in [6, 6.07) is 9.61. The lowest BCUT2D eigenvalue weighted by molar-refractivity contribution is -0.133. The Morgan fingerprint density at radius 2 is 1.86 bits per heavy atom. The van der Waals surface area contributed by atoms with E-state index >= 15 is 0 Å².